The van der Waals surface area contributed by atoms with Gasteiger partial charge in [-0.05, 0) is 67.7 Å². The molecule has 138 valence electrons. The van der Waals surface area contributed by atoms with E-state index in [9.17, 15) is 0 Å². The summed E-state index contributed by atoms with van der Waals surface area (Å²) in [5, 5.41) is 3.72. The number of likely N-dealkylation sites (tertiary alicyclic amines) is 1. The standard InChI is InChI=1S/C22H27BrN2O/c23-19-7-3-17(4-8-19)16-26-20-9-5-18(6-10-20)21-15-22(21)24-11-14-25-12-1-2-13-25/h3-10,21-22,24H,1-2,11-16H2. The summed E-state index contributed by atoms with van der Waals surface area (Å²) >= 11 is 3.46. The molecule has 1 heterocycles. The number of ether oxygens (including phenoxy) is 1. The Labute approximate surface area is 164 Å². The van der Waals surface area contributed by atoms with Crippen LogP contribution < -0.4 is 10.1 Å². The molecule has 2 unspecified atom stereocenters. The number of halogens is 1. The summed E-state index contributed by atoms with van der Waals surface area (Å²) in [5.41, 5.74) is 2.61. The number of hydrogen-bond donors (Lipinski definition) is 1. The first kappa shape index (κ1) is 18.0. The summed E-state index contributed by atoms with van der Waals surface area (Å²) in [6.07, 6.45) is 4.02. The van der Waals surface area contributed by atoms with Crippen molar-refractivity contribution in [3.63, 3.8) is 0 Å². The Hall–Kier alpha value is -1.36. The smallest absolute Gasteiger partial charge is 0.119 e. The van der Waals surface area contributed by atoms with Crippen LogP contribution >= 0.6 is 15.9 Å². The average molecular weight is 415 g/mol. The maximum atomic E-state index is 5.90. The third kappa shape index (κ3) is 4.87. The number of nitrogens with one attached hydrogen (secondary N) is 1. The van der Waals surface area contributed by atoms with E-state index in [2.05, 4.69) is 62.5 Å². The third-order valence-electron chi connectivity index (χ3n) is 5.45. The molecule has 2 aliphatic rings. The Bertz CT molecular complexity index is 695. The van der Waals surface area contributed by atoms with Crippen LogP contribution in [0.25, 0.3) is 0 Å². The maximum Gasteiger partial charge on any atom is 0.119 e. The molecule has 0 bridgehead atoms. The zero-order valence-corrected chi connectivity index (χ0v) is 16.7. The summed E-state index contributed by atoms with van der Waals surface area (Å²) < 4.78 is 7.00. The number of rotatable bonds is 8. The summed E-state index contributed by atoms with van der Waals surface area (Å²) in [7, 11) is 0. The molecule has 3 nitrogen and oxygen atoms in total. The van der Waals surface area contributed by atoms with Crippen molar-refractivity contribution >= 4 is 15.9 Å². The molecule has 26 heavy (non-hydrogen) atoms. The molecule has 0 amide bonds. The normalized spacial score (nSPS) is 22.5. The van der Waals surface area contributed by atoms with Gasteiger partial charge in [-0.3, -0.25) is 0 Å². The van der Waals surface area contributed by atoms with Gasteiger partial charge in [-0.1, -0.05) is 40.2 Å². The van der Waals surface area contributed by atoms with Crippen LogP contribution in [0.3, 0.4) is 0 Å². The first-order valence-corrected chi connectivity index (χ1v) is 10.5. The summed E-state index contributed by atoms with van der Waals surface area (Å²) in [6, 6.07) is 17.6. The fraction of sp³-hybridized carbons (Fsp3) is 0.455. The van der Waals surface area contributed by atoms with Crippen LogP contribution in [0.1, 0.15) is 36.3 Å². The van der Waals surface area contributed by atoms with Gasteiger partial charge in [0, 0.05) is 29.5 Å². The second-order valence-corrected chi connectivity index (χ2v) is 8.35. The van der Waals surface area contributed by atoms with Gasteiger partial charge >= 0.3 is 0 Å². The molecular formula is C22H27BrN2O. The number of nitrogens with zero attached hydrogens (tertiary/aromatic N) is 1. The van der Waals surface area contributed by atoms with Crippen LogP contribution in [-0.2, 0) is 6.61 Å². The Balaban J connectivity index is 1.20. The second-order valence-electron chi connectivity index (χ2n) is 7.44. The van der Waals surface area contributed by atoms with Gasteiger partial charge in [-0.2, -0.15) is 0 Å². The predicted molar refractivity (Wildman–Crippen MR) is 110 cm³/mol. The van der Waals surface area contributed by atoms with E-state index in [1.807, 2.05) is 12.1 Å². The van der Waals surface area contributed by atoms with Crippen molar-refractivity contribution in [2.75, 3.05) is 26.2 Å². The van der Waals surface area contributed by atoms with Crippen LogP contribution in [-0.4, -0.2) is 37.1 Å². The maximum absolute atomic E-state index is 5.90. The highest BCUT2D eigenvalue weighted by atomic mass is 79.9. The molecule has 1 aliphatic heterocycles. The molecule has 2 aromatic carbocycles. The molecular weight excluding hydrogens is 388 g/mol. The van der Waals surface area contributed by atoms with Crippen molar-refractivity contribution in [2.24, 2.45) is 0 Å². The van der Waals surface area contributed by atoms with Crippen molar-refractivity contribution in [3.8, 4) is 5.75 Å². The summed E-state index contributed by atoms with van der Waals surface area (Å²) in [6.45, 7) is 5.51. The summed E-state index contributed by atoms with van der Waals surface area (Å²) in [5.74, 6) is 1.62. The van der Waals surface area contributed by atoms with Gasteiger partial charge < -0.3 is 15.0 Å². The SMILES string of the molecule is Brc1ccc(COc2ccc(C3CC3NCCN3CCCC3)cc2)cc1. The van der Waals surface area contributed by atoms with Crippen molar-refractivity contribution in [1.82, 2.24) is 10.2 Å². The van der Waals surface area contributed by atoms with E-state index in [-0.39, 0.29) is 0 Å². The van der Waals surface area contributed by atoms with E-state index < -0.39 is 0 Å². The molecule has 2 aromatic rings. The second kappa shape index (κ2) is 8.55. The highest BCUT2D eigenvalue weighted by Crippen LogP contribution is 2.41. The minimum absolute atomic E-state index is 0.608. The lowest BCUT2D eigenvalue weighted by Crippen LogP contribution is -2.31. The quantitative estimate of drug-likeness (QED) is 0.684. The van der Waals surface area contributed by atoms with E-state index in [0.717, 1.165) is 16.8 Å². The Morgan fingerprint density at radius 1 is 1.00 bits per heavy atom. The van der Waals surface area contributed by atoms with E-state index in [4.69, 9.17) is 4.74 Å². The molecule has 2 atom stereocenters. The van der Waals surface area contributed by atoms with Crippen molar-refractivity contribution < 1.29 is 4.74 Å². The predicted octanol–water partition coefficient (Wildman–Crippen LogP) is 4.57. The number of hydrogen-bond acceptors (Lipinski definition) is 3. The Morgan fingerprint density at radius 3 is 2.46 bits per heavy atom. The van der Waals surface area contributed by atoms with Gasteiger partial charge in [-0.15, -0.1) is 0 Å². The molecule has 1 aliphatic carbocycles. The fourth-order valence-electron chi connectivity index (χ4n) is 3.76. The monoisotopic (exact) mass is 414 g/mol. The highest BCUT2D eigenvalue weighted by molar-refractivity contribution is 9.10. The first-order chi connectivity index (χ1) is 12.8. The van der Waals surface area contributed by atoms with E-state index in [0.29, 0.717) is 18.6 Å². The zero-order chi connectivity index (χ0) is 17.8. The van der Waals surface area contributed by atoms with Gasteiger partial charge in [0.15, 0.2) is 0 Å². The van der Waals surface area contributed by atoms with E-state index in [1.54, 1.807) is 0 Å². The topological polar surface area (TPSA) is 24.5 Å². The van der Waals surface area contributed by atoms with Crippen LogP contribution in [0.2, 0.25) is 0 Å². The lowest BCUT2D eigenvalue weighted by Gasteiger charge is -2.14. The Morgan fingerprint density at radius 2 is 1.73 bits per heavy atom. The molecule has 4 rings (SSSR count). The average Bonchev–Trinajstić information content (AvgIpc) is 3.24. The molecule has 1 saturated heterocycles. The lowest BCUT2D eigenvalue weighted by atomic mass is 10.1. The van der Waals surface area contributed by atoms with Crippen LogP contribution in [0.5, 0.6) is 5.75 Å². The van der Waals surface area contributed by atoms with E-state index >= 15 is 0 Å². The fourth-order valence-corrected chi connectivity index (χ4v) is 4.03. The van der Waals surface area contributed by atoms with Crippen molar-refractivity contribution in [2.45, 2.75) is 37.8 Å². The molecule has 0 radical (unpaired) electrons. The zero-order valence-electron chi connectivity index (χ0n) is 15.2. The third-order valence-corrected chi connectivity index (χ3v) is 5.98. The summed E-state index contributed by atoms with van der Waals surface area (Å²) in [4.78, 5) is 2.57. The van der Waals surface area contributed by atoms with Crippen LogP contribution in [0.4, 0.5) is 0 Å². The Kier molecular flexibility index (Phi) is 5.93. The molecule has 0 aromatic heterocycles. The molecule has 4 heteroatoms. The molecule has 0 spiro atoms. The van der Waals surface area contributed by atoms with Gasteiger partial charge in [-0.25, -0.2) is 0 Å². The first-order valence-electron chi connectivity index (χ1n) is 9.71. The largest absolute Gasteiger partial charge is 0.489 e. The molecule has 1 saturated carbocycles. The number of benzene rings is 2. The van der Waals surface area contributed by atoms with Crippen molar-refractivity contribution in [3.05, 3.63) is 64.1 Å². The van der Waals surface area contributed by atoms with E-state index in [1.165, 1.54) is 50.0 Å². The van der Waals surface area contributed by atoms with Crippen LogP contribution in [0.15, 0.2) is 53.0 Å². The lowest BCUT2D eigenvalue weighted by molar-refractivity contribution is 0.306. The van der Waals surface area contributed by atoms with Crippen LogP contribution in [0, 0.1) is 0 Å². The molecule has 2 fully saturated rings. The van der Waals surface area contributed by atoms with Gasteiger partial charge in [0.2, 0.25) is 0 Å². The van der Waals surface area contributed by atoms with Crippen molar-refractivity contribution in [1.29, 1.82) is 0 Å². The van der Waals surface area contributed by atoms with Gasteiger partial charge in [0.25, 0.3) is 0 Å². The minimum atomic E-state index is 0.608. The highest BCUT2D eigenvalue weighted by Gasteiger charge is 2.37. The van der Waals surface area contributed by atoms with Gasteiger partial charge in [0.1, 0.15) is 12.4 Å². The minimum Gasteiger partial charge on any atom is -0.489 e. The molecule has 1 N–H and O–H groups in total. The van der Waals surface area contributed by atoms with Gasteiger partial charge in [0.05, 0.1) is 0 Å².